The highest BCUT2D eigenvalue weighted by molar-refractivity contribution is 5.93. The van der Waals surface area contributed by atoms with Gasteiger partial charge in [0.15, 0.2) is 17.1 Å². The molecule has 0 bridgehead atoms. The van der Waals surface area contributed by atoms with Crippen LogP contribution < -0.4 is 10.9 Å². The first-order valence-corrected chi connectivity index (χ1v) is 10.4. The Hall–Kier alpha value is -4.53. The van der Waals surface area contributed by atoms with Crippen molar-refractivity contribution in [3.8, 4) is 11.3 Å². The van der Waals surface area contributed by atoms with Gasteiger partial charge < -0.3 is 9.84 Å². The lowest BCUT2D eigenvalue weighted by atomic mass is 10.1. The molecule has 0 unspecified atom stereocenters. The predicted molar refractivity (Wildman–Crippen MR) is 122 cm³/mol. The number of fused-ring (bicyclic) bond motifs is 1. The molecule has 0 saturated heterocycles. The number of carbonyl (C=O) groups is 1. The second kappa shape index (κ2) is 8.91. The highest BCUT2D eigenvalue weighted by Crippen LogP contribution is 2.19. The van der Waals surface area contributed by atoms with Crippen molar-refractivity contribution in [3.05, 3.63) is 101 Å². The van der Waals surface area contributed by atoms with Crippen molar-refractivity contribution >= 4 is 16.9 Å². The van der Waals surface area contributed by atoms with E-state index in [1.807, 2.05) is 60.7 Å². The topological polar surface area (TPSA) is 108 Å². The van der Waals surface area contributed by atoms with Crippen LogP contribution in [0.15, 0.2) is 88.6 Å². The third-order valence-electron chi connectivity index (χ3n) is 5.23. The first kappa shape index (κ1) is 20.4. The van der Waals surface area contributed by atoms with E-state index in [9.17, 15) is 9.59 Å². The van der Waals surface area contributed by atoms with Crippen LogP contribution in [0.3, 0.4) is 0 Å². The third-order valence-corrected chi connectivity index (χ3v) is 5.23. The Bertz CT molecular complexity index is 1450. The summed E-state index contributed by atoms with van der Waals surface area (Å²) in [4.78, 5) is 29.6. The highest BCUT2D eigenvalue weighted by atomic mass is 16.5. The van der Waals surface area contributed by atoms with Crippen LogP contribution in [0.25, 0.3) is 22.4 Å². The normalized spacial score (nSPS) is 11.0. The fraction of sp³-hybridized carbons (Fsp3) is 0.125. The fourth-order valence-corrected chi connectivity index (χ4v) is 3.54. The molecule has 9 nitrogen and oxygen atoms in total. The van der Waals surface area contributed by atoms with Crippen molar-refractivity contribution in [1.82, 2.24) is 29.8 Å². The number of aromatic nitrogens is 5. The smallest absolute Gasteiger partial charge is 0.273 e. The summed E-state index contributed by atoms with van der Waals surface area (Å²) in [5.41, 5.74) is 2.37. The minimum Gasteiger partial charge on any atom is -0.355 e. The van der Waals surface area contributed by atoms with Crippen molar-refractivity contribution in [2.45, 2.75) is 13.1 Å². The Balaban J connectivity index is 1.24. The van der Waals surface area contributed by atoms with Gasteiger partial charge in [0.05, 0.1) is 19.3 Å². The van der Waals surface area contributed by atoms with Gasteiger partial charge in [-0.1, -0.05) is 65.8 Å². The Morgan fingerprint density at radius 1 is 1.03 bits per heavy atom. The van der Waals surface area contributed by atoms with E-state index < -0.39 is 0 Å². The SMILES string of the molecule is O=C(NCCn1ncc2c(=O)n(Cc3ccccc3)cnc21)c1cc(-c2ccccc2)on1. The molecule has 1 amide bonds. The third kappa shape index (κ3) is 4.29. The zero-order valence-corrected chi connectivity index (χ0v) is 17.6. The number of benzene rings is 2. The summed E-state index contributed by atoms with van der Waals surface area (Å²) in [6.07, 6.45) is 3.03. The van der Waals surface area contributed by atoms with Gasteiger partial charge >= 0.3 is 0 Å². The van der Waals surface area contributed by atoms with Gasteiger partial charge in [-0.2, -0.15) is 5.10 Å². The molecule has 0 fully saturated rings. The number of nitrogens with zero attached hydrogens (tertiary/aromatic N) is 5. The van der Waals surface area contributed by atoms with Crippen molar-refractivity contribution in [2.24, 2.45) is 0 Å². The molecule has 1 N–H and O–H groups in total. The molecule has 0 spiro atoms. The van der Waals surface area contributed by atoms with Crippen LogP contribution in [-0.4, -0.2) is 36.9 Å². The fourth-order valence-electron chi connectivity index (χ4n) is 3.54. The molecule has 3 aromatic heterocycles. The summed E-state index contributed by atoms with van der Waals surface area (Å²) < 4.78 is 8.43. The Morgan fingerprint density at radius 2 is 1.79 bits per heavy atom. The first-order valence-electron chi connectivity index (χ1n) is 10.4. The number of hydrogen-bond donors (Lipinski definition) is 1. The summed E-state index contributed by atoms with van der Waals surface area (Å²) in [6, 6.07) is 20.7. The molecule has 5 aromatic rings. The van der Waals surface area contributed by atoms with Crippen LogP contribution in [0.1, 0.15) is 16.1 Å². The van der Waals surface area contributed by atoms with Crippen LogP contribution in [0.2, 0.25) is 0 Å². The van der Waals surface area contributed by atoms with E-state index in [1.54, 1.807) is 15.3 Å². The van der Waals surface area contributed by atoms with Crippen molar-refractivity contribution in [3.63, 3.8) is 0 Å². The van der Waals surface area contributed by atoms with Crippen LogP contribution in [0, 0.1) is 0 Å². The summed E-state index contributed by atoms with van der Waals surface area (Å²) in [6.45, 7) is 1.08. The van der Waals surface area contributed by atoms with Gasteiger partial charge in [0, 0.05) is 18.2 Å². The minimum absolute atomic E-state index is 0.157. The second-order valence-electron chi connectivity index (χ2n) is 7.47. The number of carbonyl (C=O) groups excluding carboxylic acids is 1. The largest absolute Gasteiger partial charge is 0.355 e. The van der Waals surface area contributed by atoms with Crippen molar-refractivity contribution < 1.29 is 9.32 Å². The van der Waals surface area contributed by atoms with E-state index in [4.69, 9.17) is 4.52 Å². The van der Waals surface area contributed by atoms with Crippen LogP contribution in [-0.2, 0) is 13.1 Å². The van der Waals surface area contributed by atoms with E-state index in [0.717, 1.165) is 11.1 Å². The van der Waals surface area contributed by atoms with Crippen molar-refractivity contribution in [1.29, 1.82) is 0 Å². The van der Waals surface area contributed by atoms with Crippen molar-refractivity contribution in [2.75, 3.05) is 6.54 Å². The summed E-state index contributed by atoms with van der Waals surface area (Å²) in [5, 5.41) is 11.3. The van der Waals surface area contributed by atoms with Gasteiger partial charge in [0.2, 0.25) is 0 Å². The quantitative estimate of drug-likeness (QED) is 0.417. The predicted octanol–water partition coefficient (Wildman–Crippen LogP) is 2.73. The molecule has 0 aliphatic rings. The average molecular weight is 440 g/mol. The molecule has 164 valence electrons. The van der Waals surface area contributed by atoms with Gasteiger partial charge in [-0.3, -0.25) is 14.2 Å². The average Bonchev–Trinajstić information content (AvgIpc) is 3.50. The Kier molecular flexibility index (Phi) is 5.50. The van der Waals surface area contributed by atoms with Gasteiger partial charge in [-0.05, 0) is 5.56 Å². The van der Waals surface area contributed by atoms with Gasteiger partial charge in [0.1, 0.15) is 11.7 Å². The molecule has 33 heavy (non-hydrogen) atoms. The molecular formula is C24H20N6O3. The Labute approximate surface area is 188 Å². The zero-order chi connectivity index (χ0) is 22.6. The molecule has 0 aliphatic heterocycles. The number of nitrogens with one attached hydrogen (secondary N) is 1. The molecule has 0 saturated carbocycles. The standard InChI is InChI=1S/C24H20N6O3/c31-23(20-13-21(33-28-20)18-9-5-2-6-10-18)25-11-12-30-22-19(14-27-30)24(32)29(16-26-22)15-17-7-3-1-4-8-17/h1-10,13-14,16H,11-12,15H2,(H,25,31). The summed E-state index contributed by atoms with van der Waals surface area (Å²) >= 11 is 0. The molecule has 9 heteroatoms. The van der Waals surface area contributed by atoms with Crippen LogP contribution in [0.4, 0.5) is 0 Å². The van der Waals surface area contributed by atoms with E-state index in [1.165, 1.54) is 12.5 Å². The lowest BCUT2D eigenvalue weighted by molar-refractivity contribution is 0.0943. The maximum atomic E-state index is 12.8. The monoisotopic (exact) mass is 440 g/mol. The second-order valence-corrected chi connectivity index (χ2v) is 7.47. The van der Waals surface area contributed by atoms with Gasteiger partial charge in [-0.15, -0.1) is 0 Å². The minimum atomic E-state index is -0.351. The van der Waals surface area contributed by atoms with E-state index >= 15 is 0 Å². The molecule has 2 aromatic carbocycles. The molecule has 5 rings (SSSR count). The number of hydrogen-bond acceptors (Lipinski definition) is 6. The molecule has 0 radical (unpaired) electrons. The summed E-state index contributed by atoms with van der Waals surface area (Å²) in [5.74, 6) is 0.172. The lowest BCUT2D eigenvalue weighted by Gasteiger charge is -2.07. The van der Waals surface area contributed by atoms with Gasteiger partial charge in [0.25, 0.3) is 11.5 Å². The number of rotatable bonds is 7. The van der Waals surface area contributed by atoms with Gasteiger partial charge in [-0.25, -0.2) is 9.67 Å². The Morgan fingerprint density at radius 3 is 2.58 bits per heavy atom. The molecular weight excluding hydrogens is 420 g/mol. The summed E-state index contributed by atoms with van der Waals surface area (Å²) in [7, 11) is 0. The van der Waals surface area contributed by atoms with E-state index in [0.29, 0.717) is 29.9 Å². The first-order chi connectivity index (χ1) is 16.2. The van der Waals surface area contributed by atoms with E-state index in [-0.39, 0.29) is 23.7 Å². The maximum absolute atomic E-state index is 12.8. The molecule has 0 aliphatic carbocycles. The lowest BCUT2D eigenvalue weighted by Crippen LogP contribution is -2.28. The van der Waals surface area contributed by atoms with Crippen LogP contribution in [0.5, 0.6) is 0 Å². The zero-order valence-electron chi connectivity index (χ0n) is 17.6. The highest BCUT2D eigenvalue weighted by Gasteiger charge is 2.14. The van der Waals surface area contributed by atoms with Crippen LogP contribution >= 0.6 is 0 Å². The maximum Gasteiger partial charge on any atom is 0.273 e. The van der Waals surface area contributed by atoms with E-state index in [2.05, 4.69) is 20.6 Å². The number of amides is 1. The molecule has 0 atom stereocenters. The molecule has 3 heterocycles.